The van der Waals surface area contributed by atoms with Gasteiger partial charge in [0, 0.05) is 24.7 Å². The predicted molar refractivity (Wildman–Crippen MR) is 71.2 cm³/mol. The molecule has 17 heavy (non-hydrogen) atoms. The van der Waals surface area contributed by atoms with E-state index in [2.05, 4.69) is 11.8 Å². The lowest BCUT2D eigenvalue weighted by molar-refractivity contribution is 0.0679. The molecule has 0 aliphatic heterocycles. The van der Waals surface area contributed by atoms with E-state index in [0.717, 1.165) is 18.7 Å². The molecule has 1 amide bonds. The van der Waals surface area contributed by atoms with E-state index in [9.17, 15) is 4.79 Å². The number of hydrogen-bond acceptors (Lipinski definition) is 2. The zero-order chi connectivity index (χ0) is 12.8. The van der Waals surface area contributed by atoms with E-state index in [4.69, 9.17) is 0 Å². The van der Waals surface area contributed by atoms with Crippen LogP contribution in [0.2, 0.25) is 0 Å². The fourth-order valence-electron chi connectivity index (χ4n) is 2.03. The number of nitrogens with zero attached hydrogens (tertiary/aromatic N) is 2. The monoisotopic (exact) mass is 234 g/mol. The van der Waals surface area contributed by atoms with Gasteiger partial charge in [-0.3, -0.25) is 4.79 Å². The van der Waals surface area contributed by atoms with E-state index in [1.807, 2.05) is 56.3 Å². The van der Waals surface area contributed by atoms with Crippen molar-refractivity contribution in [3.63, 3.8) is 0 Å². The number of hydrogen-bond donors (Lipinski definition) is 0. The number of benzene rings is 1. The van der Waals surface area contributed by atoms with Crippen LogP contribution in [0.4, 0.5) is 0 Å². The first-order valence-electron chi connectivity index (χ1n) is 6.07. The van der Waals surface area contributed by atoms with E-state index in [0.29, 0.717) is 0 Å². The third-order valence-electron chi connectivity index (χ3n) is 2.78. The maximum atomic E-state index is 12.3. The van der Waals surface area contributed by atoms with Gasteiger partial charge >= 0.3 is 0 Å². The third kappa shape index (κ3) is 3.86. The Hall–Kier alpha value is -1.35. The van der Waals surface area contributed by atoms with Crippen LogP contribution in [0.1, 0.15) is 24.2 Å². The molecule has 0 aliphatic carbocycles. The van der Waals surface area contributed by atoms with E-state index >= 15 is 0 Å². The number of carbonyl (C=O) groups excluding carboxylic acids is 1. The molecule has 0 radical (unpaired) electrons. The van der Waals surface area contributed by atoms with Gasteiger partial charge in [-0.15, -0.1) is 0 Å². The molecule has 0 saturated heterocycles. The second kappa shape index (κ2) is 6.40. The third-order valence-corrected chi connectivity index (χ3v) is 2.78. The molecular weight excluding hydrogens is 212 g/mol. The number of rotatable bonds is 5. The van der Waals surface area contributed by atoms with E-state index in [-0.39, 0.29) is 11.9 Å². The molecule has 94 valence electrons. The fourth-order valence-corrected chi connectivity index (χ4v) is 2.03. The Kier molecular flexibility index (Phi) is 5.16. The summed E-state index contributed by atoms with van der Waals surface area (Å²) in [4.78, 5) is 16.3. The van der Waals surface area contributed by atoms with Crippen molar-refractivity contribution in [2.45, 2.75) is 19.9 Å². The van der Waals surface area contributed by atoms with Gasteiger partial charge in [-0.25, -0.2) is 0 Å². The van der Waals surface area contributed by atoms with Crippen molar-refractivity contribution < 1.29 is 4.79 Å². The smallest absolute Gasteiger partial charge is 0.254 e. The topological polar surface area (TPSA) is 23.6 Å². The van der Waals surface area contributed by atoms with Crippen LogP contribution in [0, 0.1) is 0 Å². The molecule has 3 nitrogen and oxygen atoms in total. The van der Waals surface area contributed by atoms with E-state index in [1.165, 1.54) is 0 Å². The van der Waals surface area contributed by atoms with E-state index in [1.54, 1.807) is 0 Å². The Bertz CT molecular complexity index is 348. The SMILES string of the molecule is CCN(C(=O)c1ccccc1)C(C)CN(C)C. The quantitative estimate of drug-likeness (QED) is 0.779. The number of amides is 1. The van der Waals surface area contributed by atoms with Crippen molar-refractivity contribution in [2.75, 3.05) is 27.2 Å². The van der Waals surface area contributed by atoms with Crippen molar-refractivity contribution in [3.8, 4) is 0 Å². The number of likely N-dealkylation sites (N-methyl/N-ethyl adjacent to an activating group) is 2. The second-order valence-corrected chi connectivity index (χ2v) is 4.57. The molecule has 1 atom stereocenters. The largest absolute Gasteiger partial charge is 0.335 e. The summed E-state index contributed by atoms with van der Waals surface area (Å²) in [6, 6.07) is 9.69. The maximum absolute atomic E-state index is 12.3. The van der Waals surface area contributed by atoms with Gasteiger partial charge in [0.2, 0.25) is 0 Å². The molecular formula is C14H22N2O. The molecule has 0 heterocycles. The van der Waals surface area contributed by atoms with Crippen LogP contribution in [-0.4, -0.2) is 48.9 Å². The fraction of sp³-hybridized carbons (Fsp3) is 0.500. The van der Waals surface area contributed by atoms with Crippen LogP contribution in [0.15, 0.2) is 30.3 Å². The first-order valence-corrected chi connectivity index (χ1v) is 6.07. The molecule has 0 bridgehead atoms. The first-order chi connectivity index (χ1) is 8.06. The number of carbonyl (C=O) groups is 1. The van der Waals surface area contributed by atoms with Gasteiger partial charge in [0.25, 0.3) is 5.91 Å². The van der Waals surface area contributed by atoms with Gasteiger partial charge in [0.1, 0.15) is 0 Å². The summed E-state index contributed by atoms with van der Waals surface area (Å²) in [5.74, 6) is 0.113. The summed E-state index contributed by atoms with van der Waals surface area (Å²) in [6.45, 7) is 5.73. The standard InChI is InChI=1S/C14H22N2O/c1-5-16(12(2)11-15(3)4)14(17)13-9-7-6-8-10-13/h6-10,12H,5,11H2,1-4H3. The lowest BCUT2D eigenvalue weighted by Gasteiger charge is -2.30. The van der Waals surface area contributed by atoms with Crippen LogP contribution < -0.4 is 0 Å². The van der Waals surface area contributed by atoms with Gasteiger partial charge in [-0.05, 0) is 40.1 Å². The summed E-state index contributed by atoms with van der Waals surface area (Å²) in [5.41, 5.74) is 0.764. The summed E-state index contributed by atoms with van der Waals surface area (Å²) in [6.07, 6.45) is 0. The Morgan fingerprint density at radius 1 is 1.24 bits per heavy atom. The van der Waals surface area contributed by atoms with Crippen LogP contribution in [0.25, 0.3) is 0 Å². The van der Waals surface area contributed by atoms with Gasteiger partial charge in [-0.1, -0.05) is 18.2 Å². The van der Waals surface area contributed by atoms with Crippen LogP contribution in [0.3, 0.4) is 0 Å². The zero-order valence-corrected chi connectivity index (χ0v) is 11.2. The molecule has 3 heteroatoms. The highest BCUT2D eigenvalue weighted by Gasteiger charge is 2.19. The summed E-state index contributed by atoms with van der Waals surface area (Å²) < 4.78 is 0. The van der Waals surface area contributed by atoms with Crippen LogP contribution in [0.5, 0.6) is 0 Å². The Morgan fingerprint density at radius 3 is 2.29 bits per heavy atom. The van der Waals surface area contributed by atoms with Crippen molar-refractivity contribution in [1.29, 1.82) is 0 Å². The van der Waals surface area contributed by atoms with Crippen molar-refractivity contribution in [1.82, 2.24) is 9.80 Å². The second-order valence-electron chi connectivity index (χ2n) is 4.57. The average Bonchev–Trinajstić information content (AvgIpc) is 2.30. The van der Waals surface area contributed by atoms with Gasteiger partial charge in [0.15, 0.2) is 0 Å². The van der Waals surface area contributed by atoms with Crippen molar-refractivity contribution in [2.24, 2.45) is 0 Å². The minimum absolute atomic E-state index is 0.113. The molecule has 0 spiro atoms. The van der Waals surface area contributed by atoms with Gasteiger partial charge in [-0.2, -0.15) is 0 Å². The molecule has 0 N–H and O–H groups in total. The Balaban J connectivity index is 2.77. The van der Waals surface area contributed by atoms with E-state index < -0.39 is 0 Å². The van der Waals surface area contributed by atoms with Gasteiger partial charge < -0.3 is 9.80 Å². The Morgan fingerprint density at radius 2 is 1.82 bits per heavy atom. The highest BCUT2D eigenvalue weighted by molar-refractivity contribution is 5.94. The predicted octanol–water partition coefficient (Wildman–Crippen LogP) is 2.10. The van der Waals surface area contributed by atoms with Crippen LogP contribution in [-0.2, 0) is 0 Å². The van der Waals surface area contributed by atoms with Crippen LogP contribution >= 0.6 is 0 Å². The molecule has 1 rings (SSSR count). The molecule has 0 aliphatic rings. The highest BCUT2D eigenvalue weighted by Crippen LogP contribution is 2.08. The lowest BCUT2D eigenvalue weighted by atomic mass is 10.1. The minimum atomic E-state index is 0.113. The molecule has 0 fully saturated rings. The zero-order valence-electron chi connectivity index (χ0n) is 11.2. The van der Waals surface area contributed by atoms with Crippen molar-refractivity contribution in [3.05, 3.63) is 35.9 Å². The molecule has 0 aromatic heterocycles. The minimum Gasteiger partial charge on any atom is -0.335 e. The average molecular weight is 234 g/mol. The molecule has 1 aromatic rings. The maximum Gasteiger partial charge on any atom is 0.254 e. The molecule has 0 saturated carbocycles. The van der Waals surface area contributed by atoms with Gasteiger partial charge in [0.05, 0.1) is 0 Å². The molecule has 1 unspecified atom stereocenters. The summed E-state index contributed by atoms with van der Waals surface area (Å²) >= 11 is 0. The normalized spacial score (nSPS) is 12.5. The Labute approximate surface area is 104 Å². The lowest BCUT2D eigenvalue weighted by Crippen LogP contribution is -2.43. The summed E-state index contributed by atoms with van der Waals surface area (Å²) in [7, 11) is 4.05. The molecule has 1 aromatic carbocycles. The highest BCUT2D eigenvalue weighted by atomic mass is 16.2. The first kappa shape index (κ1) is 13.7. The van der Waals surface area contributed by atoms with Crippen molar-refractivity contribution >= 4 is 5.91 Å². The summed E-state index contributed by atoms with van der Waals surface area (Å²) in [5, 5.41) is 0.